The number of oxazole rings is 1. The van der Waals surface area contributed by atoms with Crippen LogP contribution in [0.3, 0.4) is 0 Å². The number of para-hydroxylation sites is 1. The van der Waals surface area contributed by atoms with Crippen molar-refractivity contribution in [3.63, 3.8) is 0 Å². The van der Waals surface area contributed by atoms with Crippen LogP contribution in [0.4, 0.5) is 4.39 Å². The second-order valence-corrected chi connectivity index (χ2v) is 8.43. The average Bonchev–Trinajstić information content (AvgIpc) is 3.55. The molecule has 174 valence electrons. The molecule has 5 rings (SSSR count). The zero-order valence-electron chi connectivity index (χ0n) is 18.8. The molecule has 7 nitrogen and oxygen atoms in total. The van der Waals surface area contributed by atoms with Gasteiger partial charge in [-0.25, -0.2) is 9.37 Å². The summed E-state index contributed by atoms with van der Waals surface area (Å²) in [6, 6.07) is 15.7. The molecule has 1 N–H and O–H groups in total. The van der Waals surface area contributed by atoms with Crippen LogP contribution >= 0.6 is 0 Å². The highest BCUT2D eigenvalue weighted by Gasteiger charge is 2.29. The second-order valence-electron chi connectivity index (χ2n) is 8.43. The number of likely N-dealkylation sites (tertiary alicyclic amines) is 1. The molecule has 4 aromatic rings. The Kier molecular flexibility index (Phi) is 6.12. The van der Waals surface area contributed by atoms with E-state index in [1.807, 2.05) is 29.2 Å². The normalized spacial score (nSPS) is 15.9. The van der Waals surface area contributed by atoms with Gasteiger partial charge in [0.2, 0.25) is 0 Å². The van der Waals surface area contributed by atoms with Crippen molar-refractivity contribution < 1.29 is 18.3 Å². The van der Waals surface area contributed by atoms with Crippen molar-refractivity contribution in [2.75, 3.05) is 20.2 Å². The summed E-state index contributed by atoms with van der Waals surface area (Å²) in [6.07, 6.45) is 4.02. The number of hydrogen-bond acceptors (Lipinski definition) is 5. The summed E-state index contributed by atoms with van der Waals surface area (Å²) in [5.41, 5.74) is 2.87. The van der Waals surface area contributed by atoms with Crippen LogP contribution in [-0.4, -0.2) is 46.2 Å². The maximum absolute atomic E-state index is 13.2. The SMILES string of the molecule is COc1ccccc1-c1cc(C(=O)N2CCC[C@H](c3ncc(Cc4ccc(F)cc4)o3)C2)[nH]n1. The van der Waals surface area contributed by atoms with Gasteiger partial charge in [0.15, 0.2) is 5.89 Å². The van der Waals surface area contributed by atoms with E-state index in [1.54, 1.807) is 31.5 Å². The highest BCUT2D eigenvalue weighted by molar-refractivity contribution is 5.93. The van der Waals surface area contributed by atoms with Crippen molar-refractivity contribution in [1.29, 1.82) is 0 Å². The molecular formula is C26H25FN4O3. The number of piperidine rings is 1. The molecule has 34 heavy (non-hydrogen) atoms. The van der Waals surface area contributed by atoms with Crippen LogP contribution in [0.1, 0.15) is 46.5 Å². The fourth-order valence-electron chi connectivity index (χ4n) is 4.36. The molecule has 0 bridgehead atoms. The largest absolute Gasteiger partial charge is 0.496 e. The molecule has 3 heterocycles. The van der Waals surface area contributed by atoms with Crippen molar-refractivity contribution >= 4 is 5.91 Å². The maximum Gasteiger partial charge on any atom is 0.271 e. The molecule has 0 saturated carbocycles. The number of halogens is 1. The van der Waals surface area contributed by atoms with E-state index >= 15 is 0 Å². The molecule has 2 aromatic carbocycles. The first kappa shape index (κ1) is 21.9. The summed E-state index contributed by atoms with van der Waals surface area (Å²) < 4.78 is 24.6. The molecular weight excluding hydrogens is 435 g/mol. The Morgan fingerprint density at radius 3 is 2.88 bits per heavy atom. The lowest BCUT2D eigenvalue weighted by Gasteiger charge is -2.30. The van der Waals surface area contributed by atoms with E-state index in [0.29, 0.717) is 42.5 Å². The van der Waals surface area contributed by atoms with Gasteiger partial charge in [0.1, 0.15) is 23.0 Å². The number of carbonyl (C=O) groups excluding carboxylic acids is 1. The summed E-state index contributed by atoms with van der Waals surface area (Å²) in [5.74, 6) is 1.72. The molecule has 0 radical (unpaired) electrons. The summed E-state index contributed by atoms with van der Waals surface area (Å²) in [4.78, 5) is 19.5. The molecule has 1 atom stereocenters. The molecule has 0 aliphatic carbocycles. The van der Waals surface area contributed by atoms with E-state index < -0.39 is 0 Å². The minimum atomic E-state index is -0.263. The van der Waals surface area contributed by atoms with Gasteiger partial charge in [-0.1, -0.05) is 24.3 Å². The number of hydrogen-bond donors (Lipinski definition) is 1. The predicted molar refractivity (Wildman–Crippen MR) is 124 cm³/mol. The summed E-state index contributed by atoms with van der Waals surface area (Å²) in [6.45, 7) is 1.19. The van der Waals surface area contributed by atoms with Crippen LogP contribution in [0.25, 0.3) is 11.3 Å². The fourth-order valence-corrected chi connectivity index (χ4v) is 4.36. The number of benzene rings is 2. The number of carbonyl (C=O) groups is 1. The van der Waals surface area contributed by atoms with Crippen molar-refractivity contribution in [2.24, 2.45) is 0 Å². The van der Waals surface area contributed by atoms with Gasteiger partial charge in [-0.05, 0) is 48.7 Å². The van der Waals surface area contributed by atoms with Crippen molar-refractivity contribution in [3.8, 4) is 17.0 Å². The van der Waals surface area contributed by atoms with Gasteiger partial charge < -0.3 is 14.1 Å². The van der Waals surface area contributed by atoms with E-state index in [-0.39, 0.29) is 17.6 Å². The third-order valence-corrected chi connectivity index (χ3v) is 6.11. The number of aromatic nitrogens is 3. The Morgan fingerprint density at radius 1 is 1.24 bits per heavy atom. The minimum absolute atomic E-state index is 0.0243. The Morgan fingerprint density at radius 2 is 2.06 bits per heavy atom. The van der Waals surface area contributed by atoms with E-state index in [9.17, 15) is 9.18 Å². The van der Waals surface area contributed by atoms with Crippen LogP contribution in [0, 0.1) is 5.82 Å². The van der Waals surface area contributed by atoms with Gasteiger partial charge in [-0.15, -0.1) is 0 Å². The summed E-state index contributed by atoms with van der Waals surface area (Å²) >= 11 is 0. The lowest BCUT2D eigenvalue weighted by molar-refractivity contribution is 0.0692. The lowest BCUT2D eigenvalue weighted by atomic mass is 9.97. The average molecular weight is 461 g/mol. The van der Waals surface area contributed by atoms with Crippen LogP contribution in [0.2, 0.25) is 0 Å². The standard InChI is InChI=1S/C26H25FN4O3/c1-33-24-7-3-2-6-21(24)22-14-23(30-29-22)26(32)31-12-4-5-18(16-31)25-28-15-20(34-25)13-17-8-10-19(27)11-9-17/h2-3,6-11,14-15,18H,4-5,12-13,16H2,1H3,(H,29,30)/t18-/m0/s1. The molecule has 1 aliphatic rings. The summed E-state index contributed by atoms with van der Waals surface area (Å²) in [7, 11) is 1.61. The van der Waals surface area contributed by atoms with Gasteiger partial charge in [0.05, 0.1) is 24.9 Å². The van der Waals surface area contributed by atoms with Crippen LogP contribution in [0.15, 0.2) is 65.2 Å². The van der Waals surface area contributed by atoms with E-state index in [2.05, 4.69) is 15.2 Å². The highest BCUT2D eigenvalue weighted by atomic mass is 19.1. The van der Waals surface area contributed by atoms with Crippen molar-refractivity contribution in [2.45, 2.75) is 25.2 Å². The summed E-state index contributed by atoms with van der Waals surface area (Å²) in [5, 5.41) is 7.21. The van der Waals surface area contributed by atoms with Crippen LogP contribution in [-0.2, 0) is 6.42 Å². The van der Waals surface area contributed by atoms with Gasteiger partial charge in [0, 0.05) is 25.1 Å². The predicted octanol–water partition coefficient (Wildman–Crippen LogP) is 4.82. The number of nitrogens with one attached hydrogen (secondary N) is 1. The van der Waals surface area contributed by atoms with Gasteiger partial charge in [-0.2, -0.15) is 5.10 Å². The maximum atomic E-state index is 13.2. The van der Waals surface area contributed by atoms with Crippen LogP contribution in [0.5, 0.6) is 5.75 Å². The topological polar surface area (TPSA) is 84.2 Å². The van der Waals surface area contributed by atoms with E-state index in [0.717, 1.165) is 29.7 Å². The van der Waals surface area contributed by atoms with Crippen molar-refractivity contribution in [1.82, 2.24) is 20.1 Å². The molecule has 1 fully saturated rings. The third kappa shape index (κ3) is 4.57. The first-order valence-electron chi connectivity index (χ1n) is 11.3. The molecule has 1 saturated heterocycles. The number of aromatic amines is 1. The Bertz CT molecular complexity index is 1280. The Balaban J connectivity index is 1.27. The minimum Gasteiger partial charge on any atom is -0.496 e. The van der Waals surface area contributed by atoms with Crippen LogP contribution < -0.4 is 4.74 Å². The number of ether oxygens (including phenoxy) is 1. The van der Waals surface area contributed by atoms with E-state index in [1.165, 1.54) is 12.1 Å². The first-order valence-corrected chi connectivity index (χ1v) is 11.3. The second kappa shape index (κ2) is 9.51. The van der Waals surface area contributed by atoms with Gasteiger partial charge in [0.25, 0.3) is 5.91 Å². The number of H-pyrrole nitrogens is 1. The zero-order valence-corrected chi connectivity index (χ0v) is 18.8. The Hall–Kier alpha value is -3.94. The van der Waals surface area contributed by atoms with Crippen molar-refractivity contribution in [3.05, 3.63) is 89.5 Å². The molecule has 2 aromatic heterocycles. The number of rotatable bonds is 6. The zero-order chi connectivity index (χ0) is 23.5. The van der Waals surface area contributed by atoms with Gasteiger partial charge in [-0.3, -0.25) is 9.89 Å². The van der Waals surface area contributed by atoms with Gasteiger partial charge >= 0.3 is 0 Å². The quantitative estimate of drug-likeness (QED) is 0.446. The molecule has 1 aliphatic heterocycles. The smallest absolute Gasteiger partial charge is 0.271 e. The number of methoxy groups -OCH3 is 1. The third-order valence-electron chi connectivity index (χ3n) is 6.11. The monoisotopic (exact) mass is 460 g/mol. The molecule has 0 unspecified atom stereocenters. The number of amides is 1. The van der Waals surface area contributed by atoms with E-state index in [4.69, 9.17) is 9.15 Å². The molecule has 0 spiro atoms. The number of nitrogens with zero attached hydrogens (tertiary/aromatic N) is 3. The lowest BCUT2D eigenvalue weighted by Crippen LogP contribution is -2.39. The highest BCUT2D eigenvalue weighted by Crippen LogP contribution is 2.30. The Labute approximate surface area is 196 Å². The molecule has 1 amide bonds. The molecule has 8 heteroatoms. The fraction of sp³-hybridized carbons (Fsp3) is 0.269. The first-order chi connectivity index (χ1) is 16.6.